The topological polar surface area (TPSA) is 56.1 Å². The number of nitrogens with one attached hydrogen (secondary N) is 1. The highest BCUT2D eigenvalue weighted by Crippen LogP contribution is 1.87. The lowest BCUT2D eigenvalue weighted by Gasteiger charge is -2.05. The summed E-state index contributed by atoms with van der Waals surface area (Å²) < 4.78 is 6.81. The van der Waals surface area contributed by atoms with Crippen molar-refractivity contribution in [1.29, 1.82) is 0 Å². The summed E-state index contributed by atoms with van der Waals surface area (Å²) >= 11 is 0. The van der Waals surface area contributed by atoms with Crippen LogP contribution < -0.4 is 5.32 Å². The Kier molecular flexibility index (Phi) is 5.47. The van der Waals surface area contributed by atoms with Gasteiger partial charge in [-0.1, -0.05) is 0 Å². The molecule has 1 rings (SSSR count). The van der Waals surface area contributed by atoms with Gasteiger partial charge in [0, 0.05) is 32.1 Å². The maximum atomic E-state index is 11.1. The summed E-state index contributed by atoms with van der Waals surface area (Å²) in [6, 6.07) is 1.88. The minimum absolute atomic E-state index is 0.0580. The molecule has 5 nitrogen and oxygen atoms in total. The number of carbonyl (C=O) groups is 1. The van der Waals surface area contributed by atoms with Gasteiger partial charge in [0.25, 0.3) is 0 Å². The van der Waals surface area contributed by atoms with Gasteiger partial charge in [-0.05, 0) is 19.4 Å². The number of hydrogen-bond acceptors (Lipinski definition) is 3. The van der Waals surface area contributed by atoms with Crippen molar-refractivity contribution in [1.82, 2.24) is 15.1 Å². The third kappa shape index (κ3) is 5.17. The van der Waals surface area contributed by atoms with Gasteiger partial charge in [-0.25, -0.2) is 0 Å². The van der Waals surface area contributed by atoms with E-state index in [-0.39, 0.29) is 12.5 Å². The van der Waals surface area contributed by atoms with E-state index in [1.165, 1.54) is 0 Å². The second kappa shape index (κ2) is 7.00. The molecule has 1 amide bonds. The molecule has 1 heterocycles. The summed E-state index contributed by atoms with van der Waals surface area (Å²) in [5.41, 5.74) is 0. The van der Waals surface area contributed by atoms with Gasteiger partial charge in [-0.15, -0.1) is 0 Å². The van der Waals surface area contributed by atoms with Gasteiger partial charge in [0.05, 0.1) is 0 Å². The van der Waals surface area contributed by atoms with Crippen molar-refractivity contribution in [3.05, 3.63) is 18.5 Å². The largest absolute Gasteiger partial charge is 0.372 e. The van der Waals surface area contributed by atoms with Gasteiger partial charge in [-0.3, -0.25) is 9.48 Å². The summed E-state index contributed by atoms with van der Waals surface area (Å²) in [4.78, 5) is 11.1. The molecule has 0 saturated heterocycles. The van der Waals surface area contributed by atoms with Crippen LogP contribution in [0.2, 0.25) is 0 Å². The normalized spacial score (nSPS) is 10.2. The molecular formula is C10H17N3O2. The lowest BCUT2D eigenvalue weighted by Crippen LogP contribution is -2.29. The Labute approximate surface area is 89.4 Å². The molecule has 0 aliphatic carbocycles. The molecule has 0 radical (unpaired) electrons. The van der Waals surface area contributed by atoms with E-state index in [0.29, 0.717) is 13.2 Å². The number of aromatic nitrogens is 2. The van der Waals surface area contributed by atoms with Gasteiger partial charge in [0.1, 0.15) is 6.61 Å². The van der Waals surface area contributed by atoms with Crippen LogP contribution >= 0.6 is 0 Å². The number of carbonyl (C=O) groups excluding carboxylic acids is 1. The first-order valence-electron chi connectivity index (χ1n) is 5.14. The Morgan fingerprint density at radius 2 is 2.47 bits per heavy atom. The maximum absolute atomic E-state index is 11.1. The quantitative estimate of drug-likeness (QED) is 0.665. The van der Waals surface area contributed by atoms with E-state index in [9.17, 15) is 4.79 Å². The Bertz CT molecular complexity index is 272. The number of ether oxygens (including phenoxy) is 1. The number of aryl methyl sites for hydroxylation is 1. The number of nitrogens with zero attached hydrogens (tertiary/aromatic N) is 2. The zero-order valence-corrected chi connectivity index (χ0v) is 8.98. The number of hydrogen-bond donors (Lipinski definition) is 1. The van der Waals surface area contributed by atoms with Crippen molar-refractivity contribution in [3.8, 4) is 0 Å². The fraction of sp³-hybridized carbons (Fsp3) is 0.600. The minimum Gasteiger partial charge on any atom is -0.372 e. The highest BCUT2D eigenvalue weighted by atomic mass is 16.5. The molecule has 0 aliphatic rings. The standard InChI is InChI=1S/C10H17N3O2/c1-2-15-9-10(14)11-5-3-7-13-8-4-6-12-13/h4,6,8H,2-3,5,7,9H2,1H3,(H,11,14). The summed E-state index contributed by atoms with van der Waals surface area (Å²) in [5.74, 6) is -0.0580. The van der Waals surface area contributed by atoms with Crippen LogP contribution in [-0.4, -0.2) is 35.4 Å². The molecule has 84 valence electrons. The molecule has 5 heteroatoms. The van der Waals surface area contributed by atoms with Crippen molar-refractivity contribution >= 4 is 5.91 Å². The first-order chi connectivity index (χ1) is 7.33. The molecule has 1 aromatic rings. The van der Waals surface area contributed by atoms with Gasteiger partial charge in [0.15, 0.2) is 0 Å². The van der Waals surface area contributed by atoms with E-state index in [0.717, 1.165) is 13.0 Å². The van der Waals surface area contributed by atoms with Crippen LogP contribution in [0.1, 0.15) is 13.3 Å². The summed E-state index contributed by atoms with van der Waals surface area (Å²) in [6.45, 7) is 4.07. The monoisotopic (exact) mass is 211 g/mol. The van der Waals surface area contributed by atoms with E-state index in [1.807, 2.05) is 23.9 Å². The van der Waals surface area contributed by atoms with E-state index in [4.69, 9.17) is 4.74 Å². The molecule has 0 fully saturated rings. The third-order valence-electron chi connectivity index (χ3n) is 1.88. The molecule has 0 spiro atoms. The SMILES string of the molecule is CCOCC(=O)NCCCn1cccn1. The molecule has 1 N–H and O–H groups in total. The average Bonchev–Trinajstić information content (AvgIpc) is 2.74. The third-order valence-corrected chi connectivity index (χ3v) is 1.88. The van der Waals surface area contributed by atoms with Crippen LogP contribution in [0.15, 0.2) is 18.5 Å². The molecule has 0 aliphatic heterocycles. The number of rotatable bonds is 7. The molecule has 0 aromatic carbocycles. The Balaban J connectivity index is 1.99. The summed E-state index contributed by atoms with van der Waals surface area (Å²) in [5, 5.41) is 6.84. The minimum atomic E-state index is -0.0580. The van der Waals surface area contributed by atoms with Crippen LogP contribution in [0.4, 0.5) is 0 Å². The van der Waals surface area contributed by atoms with Crippen molar-refractivity contribution in [2.45, 2.75) is 19.9 Å². The van der Waals surface area contributed by atoms with E-state index >= 15 is 0 Å². The second-order valence-electron chi connectivity index (χ2n) is 3.11. The van der Waals surface area contributed by atoms with Gasteiger partial charge < -0.3 is 10.1 Å². The Morgan fingerprint density at radius 3 is 3.13 bits per heavy atom. The highest BCUT2D eigenvalue weighted by Gasteiger charge is 1.99. The molecule has 0 unspecified atom stereocenters. The molecule has 0 atom stereocenters. The van der Waals surface area contributed by atoms with Crippen molar-refractivity contribution < 1.29 is 9.53 Å². The summed E-state index contributed by atoms with van der Waals surface area (Å²) in [7, 11) is 0. The molecule has 15 heavy (non-hydrogen) atoms. The van der Waals surface area contributed by atoms with Crippen LogP contribution in [0.5, 0.6) is 0 Å². The van der Waals surface area contributed by atoms with Gasteiger partial charge in [0.2, 0.25) is 5.91 Å². The first-order valence-corrected chi connectivity index (χ1v) is 5.14. The van der Waals surface area contributed by atoms with E-state index in [2.05, 4.69) is 10.4 Å². The fourth-order valence-electron chi connectivity index (χ4n) is 1.15. The Hall–Kier alpha value is -1.36. The number of amides is 1. The average molecular weight is 211 g/mol. The van der Waals surface area contributed by atoms with Crippen LogP contribution in [0.25, 0.3) is 0 Å². The van der Waals surface area contributed by atoms with Crippen molar-refractivity contribution in [3.63, 3.8) is 0 Å². The lowest BCUT2D eigenvalue weighted by molar-refractivity contribution is -0.125. The zero-order chi connectivity index (χ0) is 10.9. The fourth-order valence-corrected chi connectivity index (χ4v) is 1.15. The highest BCUT2D eigenvalue weighted by molar-refractivity contribution is 5.77. The predicted octanol–water partition coefficient (Wildman–Crippen LogP) is 0.426. The van der Waals surface area contributed by atoms with Crippen LogP contribution in [0, 0.1) is 0 Å². The van der Waals surface area contributed by atoms with Crippen molar-refractivity contribution in [2.75, 3.05) is 19.8 Å². The Morgan fingerprint density at radius 1 is 1.60 bits per heavy atom. The van der Waals surface area contributed by atoms with Gasteiger partial charge >= 0.3 is 0 Å². The van der Waals surface area contributed by atoms with Crippen LogP contribution in [0.3, 0.4) is 0 Å². The lowest BCUT2D eigenvalue weighted by atomic mass is 10.4. The predicted molar refractivity (Wildman–Crippen MR) is 56.3 cm³/mol. The van der Waals surface area contributed by atoms with Gasteiger partial charge in [-0.2, -0.15) is 5.10 Å². The van der Waals surface area contributed by atoms with E-state index in [1.54, 1.807) is 6.20 Å². The first kappa shape index (κ1) is 11.7. The molecule has 0 bridgehead atoms. The zero-order valence-electron chi connectivity index (χ0n) is 8.98. The molecule has 1 aromatic heterocycles. The smallest absolute Gasteiger partial charge is 0.245 e. The maximum Gasteiger partial charge on any atom is 0.245 e. The van der Waals surface area contributed by atoms with E-state index < -0.39 is 0 Å². The molecular weight excluding hydrogens is 194 g/mol. The van der Waals surface area contributed by atoms with Crippen molar-refractivity contribution in [2.24, 2.45) is 0 Å². The molecule has 0 saturated carbocycles. The second-order valence-corrected chi connectivity index (χ2v) is 3.11. The summed E-state index contributed by atoms with van der Waals surface area (Å²) in [6.07, 6.45) is 4.52. The van der Waals surface area contributed by atoms with Crippen LogP contribution in [-0.2, 0) is 16.1 Å².